The molecule has 1 N–H and O–H groups in total. The van der Waals surface area contributed by atoms with Crippen molar-refractivity contribution in [2.24, 2.45) is 0 Å². The molecule has 0 spiro atoms. The summed E-state index contributed by atoms with van der Waals surface area (Å²) >= 11 is 0. The second-order valence-electron chi connectivity index (χ2n) is 4.55. The van der Waals surface area contributed by atoms with E-state index in [0.717, 1.165) is 0 Å². The van der Waals surface area contributed by atoms with Gasteiger partial charge in [0.05, 0.1) is 17.2 Å². The summed E-state index contributed by atoms with van der Waals surface area (Å²) in [6.07, 6.45) is 2.00. The molecule has 17 heavy (non-hydrogen) atoms. The second-order valence-corrected chi connectivity index (χ2v) is 4.55. The monoisotopic (exact) mass is 237 g/mol. The van der Waals surface area contributed by atoms with Gasteiger partial charge in [0.2, 0.25) is 0 Å². The first-order chi connectivity index (χ1) is 7.95. The molecule has 5 heteroatoms. The topological polar surface area (TPSA) is 68.5 Å². The Hall–Kier alpha value is -1.62. The summed E-state index contributed by atoms with van der Waals surface area (Å²) in [4.78, 5) is 22.8. The number of aromatic nitrogens is 1. The molecule has 0 radical (unpaired) electrons. The lowest BCUT2D eigenvalue weighted by molar-refractivity contribution is 0.0680. The molecule has 0 aliphatic carbocycles. The Morgan fingerprint density at radius 2 is 2.29 bits per heavy atom. The van der Waals surface area contributed by atoms with Gasteiger partial charge in [0.25, 0.3) is 5.56 Å². The van der Waals surface area contributed by atoms with E-state index in [-0.39, 0.29) is 17.2 Å². The Bertz CT molecular complexity index is 507. The number of carboxylic acids is 1. The van der Waals surface area contributed by atoms with Crippen LogP contribution in [0.2, 0.25) is 0 Å². The number of ether oxygens (including phenoxy) is 1. The molecule has 0 saturated carbocycles. The van der Waals surface area contributed by atoms with Crippen molar-refractivity contribution in [3.8, 4) is 0 Å². The van der Waals surface area contributed by atoms with Crippen molar-refractivity contribution in [3.05, 3.63) is 34.2 Å². The van der Waals surface area contributed by atoms with Crippen molar-refractivity contribution in [2.45, 2.75) is 31.9 Å². The van der Waals surface area contributed by atoms with Gasteiger partial charge in [-0.05, 0) is 26.3 Å². The van der Waals surface area contributed by atoms with Gasteiger partial charge in [-0.25, -0.2) is 4.79 Å². The minimum Gasteiger partial charge on any atom is -0.478 e. The van der Waals surface area contributed by atoms with Crippen LogP contribution in [-0.4, -0.2) is 28.4 Å². The summed E-state index contributed by atoms with van der Waals surface area (Å²) in [7, 11) is 0. The highest BCUT2D eigenvalue weighted by molar-refractivity contribution is 5.87. The van der Waals surface area contributed by atoms with E-state index < -0.39 is 11.5 Å². The van der Waals surface area contributed by atoms with Gasteiger partial charge < -0.3 is 14.4 Å². The molecule has 2 atom stereocenters. The smallest absolute Gasteiger partial charge is 0.337 e. The summed E-state index contributed by atoms with van der Waals surface area (Å²) in [5.41, 5.74) is -0.553. The number of carbonyl (C=O) groups is 1. The van der Waals surface area contributed by atoms with Crippen LogP contribution in [0, 0.1) is 0 Å². The third kappa shape index (κ3) is 1.86. The average Bonchev–Trinajstić information content (AvgIpc) is 2.60. The lowest BCUT2D eigenvalue weighted by Crippen LogP contribution is -2.43. The van der Waals surface area contributed by atoms with E-state index in [1.165, 1.54) is 22.9 Å². The quantitative estimate of drug-likeness (QED) is 0.835. The fraction of sp³-hybridized carbons (Fsp3) is 0.500. The molecule has 0 amide bonds. The van der Waals surface area contributed by atoms with Gasteiger partial charge in [-0.3, -0.25) is 4.79 Å². The highest BCUT2D eigenvalue weighted by atomic mass is 16.5. The van der Waals surface area contributed by atoms with Crippen LogP contribution in [0.5, 0.6) is 0 Å². The van der Waals surface area contributed by atoms with E-state index in [2.05, 4.69) is 0 Å². The van der Waals surface area contributed by atoms with E-state index in [1.54, 1.807) is 0 Å². The van der Waals surface area contributed by atoms with Crippen LogP contribution in [0.4, 0.5) is 0 Å². The van der Waals surface area contributed by atoms with E-state index in [9.17, 15) is 9.59 Å². The zero-order valence-corrected chi connectivity index (χ0v) is 9.84. The van der Waals surface area contributed by atoms with Gasteiger partial charge in [0.15, 0.2) is 0 Å². The normalized spacial score (nSPS) is 28.2. The van der Waals surface area contributed by atoms with Crippen molar-refractivity contribution in [1.82, 2.24) is 4.57 Å². The van der Waals surface area contributed by atoms with Crippen molar-refractivity contribution in [1.29, 1.82) is 0 Å². The van der Waals surface area contributed by atoms with Gasteiger partial charge >= 0.3 is 5.97 Å². The number of aromatic carboxylic acids is 1. The van der Waals surface area contributed by atoms with E-state index in [0.29, 0.717) is 13.0 Å². The Morgan fingerprint density at radius 3 is 2.82 bits per heavy atom. The molecule has 92 valence electrons. The maximum atomic E-state index is 11.8. The predicted molar refractivity (Wildman–Crippen MR) is 61.3 cm³/mol. The highest BCUT2D eigenvalue weighted by Gasteiger charge is 2.39. The number of nitrogens with zero attached hydrogens (tertiary/aromatic N) is 1. The largest absolute Gasteiger partial charge is 0.478 e. The first kappa shape index (κ1) is 11.9. The maximum absolute atomic E-state index is 11.8. The summed E-state index contributed by atoms with van der Waals surface area (Å²) in [5.74, 6) is -1.03. The minimum atomic E-state index is -1.03. The van der Waals surface area contributed by atoms with E-state index in [4.69, 9.17) is 9.84 Å². The van der Waals surface area contributed by atoms with Crippen LogP contribution in [0.1, 0.15) is 30.6 Å². The number of rotatable bonds is 2. The van der Waals surface area contributed by atoms with Crippen LogP contribution >= 0.6 is 0 Å². The summed E-state index contributed by atoms with van der Waals surface area (Å²) in [6, 6.07) is 2.62. The molecular formula is C12H15NO4. The standard InChI is InChI=1S/C12H15NO4/c1-8-12(2,5-6-17-8)13-7-9(11(15)16)3-4-10(13)14/h3-4,7-8H,5-6H2,1-2H3,(H,15,16). The summed E-state index contributed by atoms with van der Waals surface area (Å²) in [5, 5.41) is 8.95. The Labute approximate surface area is 98.6 Å². The molecule has 1 aliphatic rings. The Kier molecular flexibility index (Phi) is 2.79. The zero-order valence-electron chi connectivity index (χ0n) is 9.84. The van der Waals surface area contributed by atoms with Crippen LogP contribution < -0.4 is 5.56 Å². The van der Waals surface area contributed by atoms with Gasteiger partial charge in [0, 0.05) is 18.9 Å². The first-order valence-corrected chi connectivity index (χ1v) is 5.53. The molecule has 2 heterocycles. The highest BCUT2D eigenvalue weighted by Crippen LogP contribution is 2.31. The van der Waals surface area contributed by atoms with Crippen LogP contribution in [0.15, 0.2) is 23.1 Å². The van der Waals surface area contributed by atoms with Crippen LogP contribution in [-0.2, 0) is 10.3 Å². The van der Waals surface area contributed by atoms with Crippen LogP contribution in [0.3, 0.4) is 0 Å². The number of hydrogen-bond donors (Lipinski definition) is 1. The van der Waals surface area contributed by atoms with Gasteiger partial charge in [-0.15, -0.1) is 0 Å². The molecule has 1 aliphatic heterocycles. The Morgan fingerprint density at radius 1 is 1.59 bits per heavy atom. The maximum Gasteiger partial charge on any atom is 0.337 e. The van der Waals surface area contributed by atoms with Crippen LogP contribution in [0.25, 0.3) is 0 Å². The van der Waals surface area contributed by atoms with Gasteiger partial charge in [0.1, 0.15) is 0 Å². The van der Waals surface area contributed by atoms with Gasteiger partial charge in [-0.1, -0.05) is 0 Å². The summed E-state index contributed by atoms with van der Waals surface area (Å²) < 4.78 is 6.95. The number of hydrogen-bond acceptors (Lipinski definition) is 3. The lowest BCUT2D eigenvalue weighted by Gasteiger charge is -2.30. The van der Waals surface area contributed by atoms with E-state index >= 15 is 0 Å². The number of pyridine rings is 1. The minimum absolute atomic E-state index is 0.107. The average molecular weight is 237 g/mol. The third-order valence-corrected chi connectivity index (χ3v) is 3.56. The molecule has 1 aromatic rings. The SMILES string of the molecule is CC1OCCC1(C)n1cc(C(=O)O)ccc1=O. The Balaban J connectivity index is 2.54. The lowest BCUT2D eigenvalue weighted by atomic mass is 9.94. The van der Waals surface area contributed by atoms with Crippen molar-refractivity contribution in [2.75, 3.05) is 6.61 Å². The summed E-state index contributed by atoms with van der Waals surface area (Å²) in [6.45, 7) is 4.39. The molecule has 1 saturated heterocycles. The second kappa shape index (κ2) is 4.00. The molecule has 2 unspecified atom stereocenters. The molecule has 0 bridgehead atoms. The molecule has 1 aromatic heterocycles. The molecule has 5 nitrogen and oxygen atoms in total. The predicted octanol–water partition coefficient (Wildman–Crippen LogP) is 1.07. The van der Waals surface area contributed by atoms with Crippen molar-refractivity contribution < 1.29 is 14.6 Å². The van der Waals surface area contributed by atoms with E-state index in [1.807, 2.05) is 13.8 Å². The van der Waals surface area contributed by atoms with Crippen molar-refractivity contribution in [3.63, 3.8) is 0 Å². The third-order valence-electron chi connectivity index (χ3n) is 3.56. The fourth-order valence-electron chi connectivity index (χ4n) is 2.15. The van der Waals surface area contributed by atoms with Crippen molar-refractivity contribution >= 4 is 5.97 Å². The zero-order chi connectivity index (χ0) is 12.6. The molecule has 0 aromatic carbocycles. The molecular weight excluding hydrogens is 222 g/mol. The van der Waals surface area contributed by atoms with Gasteiger partial charge in [-0.2, -0.15) is 0 Å². The number of carboxylic acid groups (broad SMARTS) is 1. The molecule has 1 fully saturated rings. The first-order valence-electron chi connectivity index (χ1n) is 5.53. The fourth-order valence-corrected chi connectivity index (χ4v) is 2.15. The molecule has 2 rings (SSSR count).